The van der Waals surface area contributed by atoms with E-state index >= 15 is 0 Å². The quantitative estimate of drug-likeness (QED) is 0.916. The van der Waals surface area contributed by atoms with Gasteiger partial charge >= 0.3 is 0 Å². The molecular weight excluding hydrogens is 244 g/mol. The first-order chi connectivity index (χ1) is 8.72. The van der Waals surface area contributed by atoms with E-state index in [2.05, 4.69) is 34.1 Å². The predicted molar refractivity (Wildman–Crippen MR) is 72.9 cm³/mol. The Hall–Kier alpha value is -1.49. The fourth-order valence-electron chi connectivity index (χ4n) is 1.85. The van der Waals surface area contributed by atoms with Crippen molar-refractivity contribution in [2.24, 2.45) is 0 Å². The summed E-state index contributed by atoms with van der Waals surface area (Å²) in [6.07, 6.45) is 6.20. The van der Waals surface area contributed by atoms with Crippen molar-refractivity contribution in [3.8, 4) is 0 Å². The van der Waals surface area contributed by atoms with Gasteiger partial charge in [0.2, 0.25) is 0 Å². The van der Waals surface area contributed by atoms with Gasteiger partial charge in [0.15, 0.2) is 0 Å². The van der Waals surface area contributed by atoms with Crippen LogP contribution in [0, 0.1) is 6.92 Å². The van der Waals surface area contributed by atoms with Gasteiger partial charge in [0, 0.05) is 23.2 Å². The monoisotopic (exact) mass is 260 g/mol. The number of hydrogen-bond acceptors (Lipinski definition) is 5. The molecule has 0 saturated heterocycles. The van der Waals surface area contributed by atoms with Crippen LogP contribution in [0.25, 0.3) is 0 Å². The van der Waals surface area contributed by atoms with Gasteiger partial charge in [-0.3, -0.25) is 0 Å². The SMILES string of the molecule is Cc1cnc(C(C)Nc2ccnc(C3CC3)n2)s1. The van der Waals surface area contributed by atoms with E-state index in [0.29, 0.717) is 5.92 Å². The second-order valence-corrected chi connectivity index (χ2v) is 6.02. The first-order valence-corrected chi connectivity index (χ1v) is 7.06. The summed E-state index contributed by atoms with van der Waals surface area (Å²) < 4.78 is 0. The van der Waals surface area contributed by atoms with Gasteiger partial charge in [0.25, 0.3) is 0 Å². The molecule has 0 spiro atoms. The molecule has 1 unspecified atom stereocenters. The smallest absolute Gasteiger partial charge is 0.133 e. The lowest BCUT2D eigenvalue weighted by Gasteiger charge is -2.12. The van der Waals surface area contributed by atoms with E-state index in [1.165, 1.54) is 17.7 Å². The Bertz CT molecular complexity index is 547. The highest BCUT2D eigenvalue weighted by Gasteiger charge is 2.26. The molecule has 0 aromatic carbocycles. The fourth-order valence-corrected chi connectivity index (χ4v) is 2.62. The highest BCUT2D eigenvalue weighted by Crippen LogP contribution is 2.38. The number of thiazole rings is 1. The van der Waals surface area contributed by atoms with Gasteiger partial charge < -0.3 is 5.32 Å². The number of aromatic nitrogens is 3. The van der Waals surface area contributed by atoms with Gasteiger partial charge in [-0.2, -0.15) is 0 Å². The van der Waals surface area contributed by atoms with Crippen molar-refractivity contribution < 1.29 is 0 Å². The van der Waals surface area contributed by atoms with Crippen molar-refractivity contribution in [1.82, 2.24) is 15.0 Å². The third-order valence-corrected chi connectivity index (χ3v) is 4.09. The molecule has 0 radical (unpaired) electrons. The molecule has 0 aliphatic heterocycles. The molecule has 2 heterocycles. The third-order valence-electron chi connectivity index (χ3n) is 2.99. The molecule has 1 aliphatic carbocycles. The lowest BCUT2D eigenvalue weighted by atomic mass is 10.3. The van der Waals surface area contributed by atoms with Crippen LogP contribution in [0.2, 0.25) is 0 Å². The van der Waals surface area contributed by atoms with Crippen LogP contribution < -0.4 is 5.32 Å². The zero-order chi connectivity index (χ0) is 12.5. The lowest BCUT2D eigenvalue weighted by molar-refractivity contribution is 0.844. The molecule has 94 valence electrons. The van der Waals surface area contributed by atoms with Gasteiger partial charge in [-0.05, 0) is 32.8 Å². The topological polar surface area (TPSA) is 50.7 Å². The van der Waals surface area contributed by atoms with Crippen LogP contribution >= 0.6 is 11.3 Å². The van der Waals surface area contributed by atoms with Gasteiger partial charge in [-0.15, -0.1) is 11.3 Å². The molecule has 0 amide bonds. The Morgan fingerprint density at radius 3 is 2.89 bits per heavy atom. The van der Waals surface area contributed by atoms with Crippen LogP contribution in [-0.2, 0) is 0 Å². The standard InChI is InChI=1S/C13H16N4S/c1-8-7-15-13(18-8)9(2)16-11-5-6-14-12(17-11)10-3-4-10/h5-7,9-10H,3-4H2,1-2H3,(H,14,16,17). The molecule has 3 rings (SSSR count). The summed E-state index contributed by atoms with van der Waals surface area (Å²) in [6, 6.07) is 2.11. The maximum Gasteiger partial charge on any atom is 0.133 e. The molecule has 1 atom stereocenters. The zero-order valence-corrected chi connectivity index (χ0v) is 11.4. The highest BCUT2D eigenvalue weighted by molar-refractivity contribution is 7.11. The average Bonchev–Trinajstić information content (AvgIpc) is 3.12. The van der Waals surface area contributed by atoms with Crippen molar-refractivity contribution in [2.45, 2.75) is 38.6 Å². The maximum atomic E-state index is 4.56. The van der Waals surface area contributed by atoms with Crippen molar-refractivity contribution in [3.63, 3.8) is 0 Å². The van der Waals surface area contributed by atoms with Crippen molar-refractivity contribution in [3.05, 3.63) is 34.2 Å². The van der Waals surface area contributed by atoms with E-state index in [1.807, 2.05) is 18.5 Å². The maximum absolute atomic E-state index is 4.56. The predicted octanol–water partition coefficient (Wildman–Crippen LogP) is 3.29. The van der Waals surface area contributed by atoms with Crippen LogP contribution in [0.15, 0.2) is 18.5 Å². The van der Waals surface area contributed by atoms with E-state index < -0.39 is 0 Å². The summed E-state index contributed by atoms with van der Waals surface area (Å²) in [7, 11) is 0. The first kappa shape index (κ1) is 11.6. The van der Waals surface area contributed by atoms with E-state index in [-0.39, 0.29) is 6.04 Å². The van der Waals surface area contributed by atoms with Crippen molar-refractivity contribution >= 4 is 17.2 Å². The highest BCUT2D eigenvalue weighted by atomic mass is 32.1. The van der Waals surface area contributed by atoms with Crippen LogP contribution in [0.5, 0.6) is 0 Å². The molecule has 1 N–H and O–H groups in total. The second kappa shape index (κ2) is 4.65. The minimum atomic E-state index is 0.186. The Kier molecular flexibility index (Phi) is 2.99. The van der Waals surface area contributed by atoms with Crippen molar-refractivity contribution in [1.29, 1.82) is 0 Å². The van der Waals surface area contributed by atoms with Crippen LogP contribution in [0.1, 0.15) is 47.4 Å². The lowest BCUT2D eigenvalue weighted by Crippen LogP contribution is -2.08. The summed E-state index contributed by atoms with van der Waals surface area (Å²) in [5.74, 6) is 2.46. The summed E-state index contributed by atoms with van der Waals surface area (Å²) in [5.41, 5.74) is 0. The van der Waals surface area contributed by atoms with Gasteiger partial charge in [-0.25, -0.2) is 15.0 Å². The first-order valence-electron chi connectivity index (χ1n) is 6.24. The molecule has 4 nitrogen and oxygen atoms in total. The summed E-state index contributed by atoms with van der Waals surface area (Å²) in [6.45, 7) is 4.18. The Morgan fingerprint density at radius 2 is 2.22 bits per heavy atom. The number of aryl methyl sites for hydroxylation is 1. The summed E-state index contributed by atoms with van der Waals surface area (Å²) >= 11 is 1.72. The molecular formula is C13H16N4S. The minimum Gasteiger partial charge on any atom is -0.361 e. The van der Waals surface area contributed by atoms with E-state index in [9.17, 15) is 0 Å². The minimum absolute atomic E-state index is 0.186. The normalized spacial score (nSPS) is 16.6. The third kappa shape index (κ3) is 2.51. The van der Waals surface area contributed by atoms with E-state index in [1.54, 1.807) is 11.3 Å². The molecule has 2 aromatic heterocycles. The van der Waals surface area contributed by atoms with E-state index in [0.717, 1.165) is 16.6 Å². The average molecular weight is 260 g/mol. The molecule has 18 heavy (non-hydrogen) atoms. The molecule has 1 fully saturated rings. The Balaban J connectivity index is 1.73. The number of nitrogens with zero attached hydrogens (tertiary/aromatic N) is 3. The molecule has 1 aliphatic rings. The molecule has 2 aromatic rings. The van der Waals surface area contributed by atoms with Gasteiger partial charge in [0.05, 0.1) is 6.04 Å². The van der Waals surface area contributed by atoms with Gasteiger partial charge in [-0.1, -0.05) is 0 Å². The summed E-state index contributed by atoms with van der Waals surface area (Å²) in [4.78, 5) is 14.5. The fraction of sp³-hybridized carbons (Fsp3) is 0.462. The molecule has 1 saturated carbocycles. The summed E-state index contributed by atoms with van der Waals surface area (Å²) in [5, 5.41) is 4.49. The van der Waals surface area contributed by atoms with E-state index in [4.69, 9.17) is 0 Å². The molecule has 5 heteroatoms. The number of rotatable bonds is 4. The number of anilines is 1. The number of hydrogen-bond donors (Lipinski definition) is 1. The Morgan fingerprint density at radius 1 is 1.39 bits per heavy atom. The van der Waals surface area contributed by atoms with Crippen LogP contribution in [0.3, 0.4) is 0 Å². The Labute approximate surface area is 111 Å². The zero-order valence-electron chi connectivity index (χ0n) is 10.6. The largest absolute Gasteiger partial charge is 0.361 e. The second-order valence-electron chi connectivity index (χ2n) is 4.75. The molecule has 0 bridgehead atoms. The van der Waals surface area contributed by atoms with Crippen LogP contribution in [-0.4, -0.2) is 15.0 Å². The van der Waals surface area contributed by atoms with Crippen molar-refractivity contribution in [2.75, 3.05) is 5.32 Å². The van der Waals surface area contributed by atoms with Crippen LogP contribution in [0.4, 0.5) is 5.82 Å². The van der Waals surface area contributed by atoms with Gasteiger partial charge in [0.1, 0.15) is 16.6 Å². The number of nitrogens with one attached hydrogen (secondary N) is 1.